The molecule has 0 aliphatic carbocycles. The van der Waals surface area contributed by atoms with Gasteiger partial charge in [-0.25, -0.2) is 0 Å². The standard InChI is InChI=1S/C23H27NSi/c1-3-13-20(2)24-25(21-14-7-4-8-15-21,22-16-9-5-10-17-22)23-18-11-6-12-19-23/h4-12,14-20,24H,3,13H2,1-2H3. The molecule has 0 radical (unpaired) electrons. The molecule has 0 saturated heterocycles. The van der Waals surface area contributed by atoms with Gasteiger partial charge in [-0.05, 0) is 28.0 Å². The van der Waals surface area contributed by atoms with E-state index in [-0.39, 0.29) is 0 Å². The number of benzene rings is 3. The van der Waals surface area contributed by atoms with Crippen molar-refractivity contribution in [1.82, 2.24) is 4.98 Å². The molecular weight excluding hydrogens is 318 g/mol. The van der Waals surface area contributed by atoms with Crippen LogP contribution in [0.15, 0.2) is 91.0 Å². The van der Waals surface area contributed by atoms with Gasteiger partial charge in [0.15, 0.2) is 0 Å². The van der Waals surface area contributed by atoms with Crippen LogP contribution < -0.4 is 20.5 Å². The molecule has 0 aromatic heterocycles. The number of rotatable bonds is 7. The van der Waals surface area contributed by atoms with Crippen LogP contribution in [0.2, 0.25) is 0 Å². The van der Waals surface area contributed by atoms with Gasteiger partial charge in [0, 0.05) is 0 Å². The maximum absolute atomic E-state index is 4.12. The minimum Gasteiger partial charge on any atom is -0.324 e. The summed E-state index contributed by atoms with van der Waals surface area (Å²) in [5.41, 5.74) is 0. The molecule has 1 unspecified atom stereocenters. The van der Waals surface area contributed by atoms with E-state index in [1.165, 1.54) is 28.4 Å². The molecule has 128 valence electrons. The summed E-state index contributed by atoms with van der Waals surface area (Å²) >= 11 is 0. The average molecular weight is 346 g/mol. The van der Waals surface area contributed by atoms with Crippen molar-refractivity contribution < 1.29 is 0 Å². The first-order chi connectivity index (χ1) is 12.3. The Morgan fingerprint density at radius 2 is 1.04 bits per heavy atom. The summed E-state index contributed by atoms with van der Waals surface area (Å²) in [5, 5.41) is 4.24. The zero-order chi connectivity index (χ0) is 17.5. The first kappa shape index (κ1) is 17.7. The minimum absolute atomic E-state index is 0.470. The topological polar surface area (TPSA) is 12.0 Å². The van der Waals surface area contributed by atoms with E-state index < -0.39 is 8.24 Å². The van der Waals surface area contributed by atoms with E-state index in [0.29, 0.717) is 6.04 Å². The monoisotopic (exact) mass is 345 g/mol. The van der Waals surface area contributed by atoms with E-state index in [0.717, 1.165) is 0 Å². The zero-order valence-corrected chi connectivity index (χ0v) is 16.2. The minimum atomic E-state index is -2.27. The van der Waals surface area contributed by atoms with E-state index >= 15 is 0 Å². The van der Waals surface area contributed by atoms with E-state index in [2.05, 4.69) is 110 Å². The lowest BCUT2D eigenvalue weighted by Crippen LogP contribution is -2.77. The highest BCUT2D eigenvalue weighted by atomic mass is 28.3. The Balaban J connectivity index is 2.24. The third kappa shape index (κ3) is 3.76. The van der Waals surface area contributed by atoms with Crippen LogP contribution in [0, 0.1) is 0 Å². The predicted octanol–water partition coefficient (Wildman–Crippen LogP) is 3.43. The largest absolute Gasteiger partial charge is 0.324 e. The second kappa shape index (κ2) is 8.28. The summed E-state index contributed by atoms with van der Waals surface area (Å²) in [7, 11) is -2.27. The zero-order valence-electron chi connectivity index (χ0n) is 15.2. The lowest BCUT2D eigenvalue weighted by Gasteiger charge is -2.37. The van der Waals surface area contributed by atoms with Gasteiger partial charge in [0.1, 0.15) is 0 Å². The summed E-state index contributed by atoms with van der Waals surface area (Å²) in [6, 6.07) is 33.5. The lowest BCUT2D eigenvalue weighted by molar-refractivity contribution is 0.602. The molecule has 2 heteroatoms. The molecule has 25 heavy (non-hydrogen) atoms. The molecule has 3 aromatic rings. The third-order valence-electron chi connectivity index (χ3n) is 4.80. The smallest absolute Gasteiger partial charge is 0.222 e. The maximum Gasteiger partial charge on any atom is 0.222 e. The molecule has 1 atom stereocenters. The molecular formula is C23H27NSi. The van der Waals surface area contributed by atoms with Crippen LogP contribution in [0.4, 0.5) is 0 Å². The van der Waals surface area contributed by atoms with Gasteiger partial charge < -0.3 is 4.98 Å². The van der Waals surface area contributed by atoms with Gasteiger partial charge in [-0.15, -0.1) is 0 Å². The Morgan fingerprint density at radius 3 is 1.36 bits per heavy atom. The van der Waals surface area contributed by atoms with Crippen LogP contribution in [0.25, 0.3) is 0 Å². The summed E-state index contributed by atoms with van der Waals surface area (Å²) in [4.78, 5) is 4.12. The van der Waals surface area contributed by atoms with Crippen molar-refractivity contribution in [3.8, 4) is 0 Å². The highest BCUT2D eigenvalue weighted by Gasteiger charge is 2.40. The number of nitrogens with one attached hydrogen (secondary N) is 1. The molecule has 0 aliphatic heterocycles. The van der Waals surface area contributed by atoms with Gasteiger partial charge in [0.25, 0.3) is 0 Å². The fraction of sp³-hybridized carbons (Fsp3) is 0.217. The van der Waals surface area contributed by atoms with Gasteiger partial charge >= 0.3 is 0 Å². The third-order valence-corrected chi connectivity index (χ3v) is 9.33. The molecule has 1 N–H and O–H groups in total. The Bertz CT molecular complexity index is 659. The molecule has 0 saturated carbocycles. The van der Waals surface area contributed by atoms with Crippen molar-refractivity contribution in [2.45, 2.75) is 32.7 Å². The van der Waals surface area contributed by atoms with Crippen LogP contribution in [-0.4, -0.2) is 14.3 Å². The highest BCUT2D eigenvalue weighted by molar-refractivity contribution is 7.09. The van der Waals surface area contributed by atoms with Gasteiger partial charge in [-0.3, -0.25) is 0 Å². The van der Waals surface area contributed by atoms with Crippen molar-refractivity contribution in [1.29, 1.82) is 0 Å². The molecule has 0 heterocycles. The molecule has 1 nitrogen and oxygen atoms in total. The fourth-order valence-electron chi connectivity index (χ4n) is 3.69. The van der Waals surface area contributed by atoms with E-state index in [1.807, 2.05) is 0 Å². The van der Waals surface area contributed by atoms with Gasteiger partial charge in [-0.2, -0.15) is 0 Å². The van der Waals surface area contributed by atoms with Crippen LogP contribution in [-0.2, 0) is 0 Å². The van der Waals surface area contributed by atoms with Crippen molar-refractivity contribution >= 4 is 23.8 Å². The highest BCUT2D eigenvalue weighted by Crippen LogP contribution is 2.08. The van der Waals surface area contributed by atoms with Crippen LogP contribution in [0.5, 0.6) is 0 Å². The molecule has 0 spiro atoms. The number of hydrogen-bond acceptors (Lipinski definition) is 1. The van der Waals surface area contributed by atoms with Gasteiger partial charge in [-0.1, -0.05) is 111 Å². The Labute approximate surface area is 152 Å². The van der Waals surface area contributed by atoms with E-state index in [4.69, 9.17) is 0 Å². The van der Waals surface area contributed by atoms with Gasteiger partial charge in [0.2, 0.25) is 8.24 Å². The van der Waals surface area contributed by atoms with Crippen molar-refractivity contribution in [3.05, 3.63) is 91.0 Å². The molecule has 3 rings (SSSR count). The lowest BCUT2D eigenvalue weighted by atomic mass is 10.2. The van der Waals surface area contributed by atoms with Gasteiger partial charge in [0.05, 0.1) is 0 Å². The molecule has 0 aliphatic rings. The molecule has 0 amide bonds. The Hall–Kier alpha value is -2.16. The molecule has 3 aromatic carbocycles. The SMILES string of the molecule is CCCC(C)N[Si](c1ccccc1)(c1ccccc1)c1ccccc1. The summed E-state index contributed by atoms with van der Waals surface area (Å²) in [5.74, 6) is 0. The maximum atomic E-state index is 4.12. The first-order valence-electron chi connectivity index (χ1n) is 9.21. The Kier molecular flexibility index (Phi) is 5.85. The normalized spacial score (nSPS) is 12.7. The second-order valence-corrected chi connectivity index (χ2v) is 10.2. The predicted molar refractivity (Wildman–Crippen MR) is 111 cm³/mol. The summed E-state index contributed by atoms with van der Waals surface area (Å²) in [6.07, 6.45) is 2.37. The van der Waals surface area contributed by atoms with Crippen molar-refractivity contribution in [3.63, 3.8) is 0 Å². The fourth-order valence-corrected chi connectivity index (χ4v) is 8.15. The van der Waals surface area contributed by atoms with Crippen LogP contribution in [0.1, 0.15) is 26.7 Å². The first-order valence-corrected chi connectivity index (χ1v) is 11.2. The van der Waals surface area contributed by atoms with Crippen LogP contribution >= 0.6 is 0 Å². The summed E-state index contributed by atoms with van der Waals surface area (Å²) in [6.45, 7) is 4.58. The quantitative estimate of drug-likeness (QED) is 0.511. The van der Waals surface area contributed by atoms with Crippen LogP contribution in [0.3, 0.4) is 0 Å². The summed E-state index contributed by atoms with van der Waals surface area (Å²) < 4.78 is 0. The Morgan fingerprint density at radius 1 is 0.680 bits per heavy atom. The molecule has 0 fully saturated rings. The van der Waals surface area contributed by atoms with Crippen molar-refractivity contribution in [2.75, 3.05) is 0 Å². The molecule has 0 bridgehead atoms. The second-order valence-electron chi connectivity index (χ2n) is 6.68. The van der Waals surface area contributed by atoms with E-state index in [9.17, 15) is 0 Å². The number of hydrogen-bond donors (Lipinski definition) is 1. The average Bonchev–Trinajstić information content (AvgIpc) is 2.68. The van der Waals surface area contributed by atoms with Crippen molar-refractivity contribution in [2.24, 2.45) is 0 Å². The van der Waals surface area contributed by atoms with E-state index in [1.54, 1.807) is 0 Å².